The van der Waals surface area contributed by atoms with Crippen molar-refractivity contribution in [1.29, 1.82) is 0 Å². The van der Waals surface area contributed by atoms with Gasteiger partial charge in [-0.15, -0.1) is 0 Å². The summed E-state index contributed by atoms with van der Waals surface area (Å²) in [5.41, 5.74) is 0. The minimum atomic E-state index is -3.65. The summed E-state index contributed by atoms with van der Waals surface area (Å²) in [6, 6.07) is -0.217. The van der Waals surface area contributed by atoms with Gasteiger partial charge in [-0.1, -0.05) is 11.6 Å². The van der Waals surface area contributed by atoms with Crippen LogP contribution in [-0.4, -0.2) is 35.5 Å². The molecule has 8 heteroatoms. The lowest BCUT2D eigenvalue weighted by Gasteiger charge is -2.31. The molecule has 0 bridgehead atoms. The first-order chi connectivity index (χ1) is 7.40. The van der Waals surface area contributed by atoms with Crippen LogP contribution < -0.4 is 4.72 Å². The zero-order valence-electron chi connectivity index (χ0n) is 8.59. The highest BCUT2D eigenvalue weighted by molar-refractivity contribution is 7.89. The summed E-state index contributed by atoms with van der Waals surface area (Å²) >= 11 is 5.75. The van der Waals surface area contributed by atoms with Crippen LogP contribution in [0.4, 0.5) is 0 Å². The van der Waals surface area contributed by atoms with Crippen molar-refractivity contribution in [2.75, 3.05) is 0 Å². The molecule has 1 aliphatic carbocycles. The molecule has 0 atom stereocenters. The Balaban J connectivity index is 2.19. The standard InChI is InChI=1S/C8H12ClN3O3S/c1-12-8(7(9)4-10-12)16(14,15)11-5-2-6(13)3-5/h4-6,11,13H,2-3H2,1H3. The third-order valence-electron chi connectivity index (χ3n) is 2.53. The Hall–Kier alpha value is -0.630. The molecule has 6 nitrogen and oxygen atoms in total. The first kappa shape index (κ1) is 11.8. The minimum absolute atomic E-state index is 0.0458. The van der Waals surface area contributed by atoms with E-state index in [-0.39, 0.29) is 16.1 Å². The topological polar surface area (TPSA) is 84.2 Å². The largest absolute Gasteiger partial charge is 0.393 e. The Labute approximate surface area is 98.3 Å². The second-order valence-electron chi connectivity index (χ2n) is 3.86. The number of sulfonamides is 1. The first-order valence-corrected chi connectivity index (χ1v) is 6.64. The van der Waals surface area contributed by atoms with E-state index in [1.165, 1.54) is 17.9 Å². The molecule has 0 unspecified atom stereocenters. The molecule has 0 aromatic carbocycles. The molecule has 0 saturated heterocycles. The van der Waals surface area contributed by atoms with Gasteiger partial charge >= 0.3 is 0 Å². The molecule has 1 fully saturated rings. The summed E-state index contributed by atoms with van der Waals surface area (Å²) in [6.45, 7) is 0. The maximum Gasteiger partial charge on any atom is 0.259 e. The smallest absolute Gasteiger partial charge is 0.259 e. The highest BCUT2D eigenvalue weighted by atomic mass is 35.5. The van der Waals surface area contributed by atoms with Crippen molar-refractivity contribution in [3.8, 4) is 0 Å². The van der Waals surface area contributed by atoms with Gasteiger partial charge in [-0.2, -0.15) is 5.10 Å². The number of nitrogens with one attached hydrogen (secondary N) is 1. The lowest BCUT2D eigenvalue weighted by molar-refractivity contribution is 0.0711. The number of aromatic nitrogens is 2. The third-order valence-corrected chi connectivity index (χ3v) is 4.56. The Morgan fingerprint density at radius 3 is 2.69 bits per heavy atom. The van der Waals surface area contributed by atoms with Crippen LogP contribution in [-0.2, 0) is 17.1 Å². The van der Waals surface area contributed by atoms with Crippen LogP contribution in [0.15, 0.2) is 11.2 Å². The van der Waals surface area contributed by atoms with Gasteiger partial charge in [0.1, 0.15) is 0 Å². The Kier molecular flexibility index (Phi) is 2.95. The summed E-state index contributed by atoms with van der Waals surface area (Å²) in [5.74, 6) is 0. The minimum Gasteiger partial charge on any atom is -0.393 e. The second-order valence-corrected chi connectivity index (χ2v) is 5.90. The van der Waals surface area contributed by atoms with Gasteiger partial charge < -0.3 is 5.11 Å². The van der Waals surface area contributed by atoms with E-state index in [1.54, 1.807) is 0 Å². The maximum atomic E-state index is 11.9. The average Bonchev–Trinajstić information content (AvgIpc) is 2.43. The number of hydrogen-bond donors (Lipinski definition) is 2. The molecule has 1 aliphatic rings. The predicted octanol–water partition coefficient (Wildman–Crippen LogP) is -0.125. The maximum absolute atomic E-state index is 11.9. The van der Waals surface area contributed by atoms with Gasteiger partial charge in [-0.3, -0.25) is 4.68 Å². The van der Waals surface area contributed by atoms with E-state index in [1.807, 2.05) is 0 Å². The van der Waals surface area contributed by atoms with Gasteiger partial charge in [-0.05, 0) is 12.8 Å². The number of hydrogen-bond acceptors (Lipinski definition) is 4. The number of halogens is 1. The number of rotatable bonds is 3. The summed E-state index contributed by atoms with van der Waals surface area (Å²) in [4.78, 5) is 0. The Morgan fingerprint density at radius 1 is 1.62 bits per heavy atom. The van der Waals surface area contributed by atoms with Crippen molar-refractivity contribution in [1.82, 2.24) is 14.5 Å². The molecule has 90 valence electrons. The highest BCUT2D eigenvalue weighted by Crippen LogP contribution is 2.24. The molecule has 0 spiro atoms. The van der Waals surface area contributed by atoms with Gasteiger partial charge in [0.05, 0.1) is 17.3 Å². The Bertz CT molecular complexity index is 473. The zero-order chi connectivity index (χ0) is 11.9. The van der Waals surface area contributed by atoms with Crippen LogP contribution in [0.2, 0.25) is 5.02 Å². The summed E-state index contributed by atoms with van der Waals surface area (Å²) < 4.78 is 27.5. The quantitative estimate of drug-likeness (QED) is 0.798. The molecule has 0 amide bonds. The van der Waals surface area contributed by atoms with E-state index in [4.69, 9.17) is 16.7 Å². The van der Waals surface area contributed by atoms with Gasteiger partial charge in [-0.25, -0.2) is 13.1 Å². The van der Waals surface area contributed by atoms with E-state index in [0.29, 0.717) is 12.8 Å². The summed E-state index contributed by atoms with van der Waals surface area (Å²) in [6.07, 6.45) is 1.75. The average molecular weight is 266 g/mol. The highest BCUT2D eigenvalue weighted by Gasteiger charge is 2.33. The number of nitrogens with zero attached hydrogens (tertiary/aromatic N) is 2. The van der Waals surface area contributed by atoms with E-state index in [9.17, 15) is 8.42 Å². The normalized spacial score (nSPS) is 25.4. The van der Waals surface area contributed by atoms with E-state index >= 15 is 0 Å². The fraction of sp³-hybridized carbons (Fsp3) is 0.625. The monoisotopic (exact) mass is 265 g/mol. The van der Waals surface area contributed by atoms with Crippen LogP contribution >= 0.6 is 11.6 Å². The SMILES string of the molecule is Cn1ncc(Cl)c1S(=O)(=O)NC1CC(O)C1. The van der Waals surface area contributed by atoms with Crippen LogP contribution in [0.25, 0.3) is 0 Å². The van der Waals surface area contributed by atoms with Crippen molar-refractivity contribution in [2.45, 2.75) is 30.0 Å². The van der Waals surface area contributed by atoms with E-state index in [0.717, 1.165) is 0 Å². The van der Waals surface area contributed by atoms with Gasteiger partial charge in [0.2, 0.25) is 0 Å². The van der Waals surface area contributed by atoms with Crippen molar-refractivity contribution >= 4 is 21.6 Å². The lowest BCUT2D eigenvalue weighted by atomic mass is 9.91. The van der Waals surface area contributed by atoms with Crippen LogP contribution in [0.3, 0.4) is 0 Å². The molecule has 2 N–H and O–H groups in total. The first-order valence-electron chi connectivity index (χ1n) is 4.78. The van der Waals surface area contributed by atoms with Gasteiger partial charge in [0.15, 0.2) is 5.03 Å². The lowest BCUT2D eigenvalue weighted by Crippen LogP contribution is -2.47. The number of aliphatic hydroxyl groups is 1. The van der Waals surface area contributed by atoms with Crippen molar-refractivity contribution in [2.24, 2.45) is 7.05 Å². The predicted molar refractivity (Wildman–Crippen MR) is 57.6 cm³/mol. The van der Waals surface area contributed by atoms with Crippen LogP contribution in [0.5, 0.6) is 0 Å². The molecule has 1 aromatic heterocycles. The van der Waals surface area contributed by atoms with E-state index in [2.05, 4.69) is 9.82 Å². The Morgan fingerprint density at radius 2 is 2.25 bits per heavy atom. The zero-order valence-corrected chi connectivity index (χ0v) is 10.2. The molecule has 2 rings (SSSR count). The molecule has 1 aromatic rings. The molecule has 0 aliphatic heterocycles. The van der Waals surface area contributed by atoms with E-state index < -0.39 is 16.1 Å². The summed E-state index contributed by atoms with van der Waals surface area (Å²) in [7, 11) is -2.14. The van der Waals surface area contributed by atoms with Gasteiger partial charge in [0.25, 0.3) is 10.0 Å². The van der Waals surface area contributed by atoms with Gasteiger partial charge in [0, 0.05) is 13.1 Å². The number of aryl methyl sites for hydroxylation is 1. The second kappa shape index (κ2) is 3.99. The number of aliphatic hydroxyl groups excluding tert-OH is 1. The van der Waals surface area contributed by atoms with Crippen LogP contribution in [0.1, 0.15) is 12.8 Å². The molecule has 0 radical (unpaired) electrons. The molecular formula is C8H12ClN3O3S. The van der Waals surface area contributed by atoms with Crippen molar-refractivity contribution in [3.63, 3.8) is 0 Å². The molecule has 1 saturated carbocycles. The summed E-state index contributed by atoms with van der Waals surface area (Å²) in [5, 5.41) is 12.9. The molecule has 16 heavy (non-hydrogen) atoms. The molecule has 1 heterocycles. The van der Waals surface area contributed by atoms with Crippen molar-refractivity contribution < 1.29 is 13.5 Å². The fourth-order valence-electron chi connectivity index (χ4n) is 1.66. The fourth-order valence-corrected chi connectivity index (χ4v) is 3.58. The third kappa shape index (κ3) is 2.08. The van der Waals surface area contributed by atoms with Crippen molar-refractivity contribution in [3.05, 3.63) is 11.2 Å². The van der Waals surface area contributed by atoms with Crippen LogP contribution in [0, 0.1) is 0 Å². The molecular weight excluding hydrogens is 254 g/mol.